The van der Waals surface area contributed by atoms with Gasteiger partial charge in [-0.15, -0.1) is 0 Å². The molecule has 0 spiro atoms. The number of anilines is 2. The Balaban J connectivity index is 1.41. The Labute approximate surface area is 129 Å². The van der Waals surface area contributed by atoms with Crippen molar-refractivity contribution in [1.29, 1.82) is 0 Å². The number of fused-ring (bicyclic) bond motifs is 1. The third-order valence-corrected chi connectivity index (χ3v) is 5.76. The number of nitrogens with zero attached hydrogens (tertiary/aromatic N) is 3. The fourth-order valence-electron chi connectivity index (χ4n) is 3.54. The van der Waals surface area contributed by atoms with Gasteiger partial charge in [-0.2, -0.15) is 11.8 Å². The first-order valence-corrected chi connectivity index (χ1v) is 9.08. The first kappa shape index (κ1) is 13.6. The van der Waals surface area contributed by atoms with Crippen LogP contribution in [-0.2, 0) is 4.74 Å². The molecule has 5 nitrogen and oxygen atoms in total. The maximum Gasteiger partial charge on any atom is 0.134 e. The summed E-state index contributed by atoms with van der Waals surface area (Å²) in [5.74, 6) is 5.08. The second-order valence-electron chi connectivity index (χ2n) is 6.06. The summed E-state index contributed by atoms with van der Waals surface area (Å²) in [5, 5.41) is 3.59. The molecule has 1 saturated carbocycles. The van der Waals surface area contributed by atoms with Gasteiger partial charge in [0.05, 0.1) is 6.10 Å². The molecular weight excluding hydrogens is 284 g/mol. The maximum atomic E-state index is 5.78. The highest BCUT2D eigenvalue weighted by Crippen LogP contribution is 2.39. The molecule has 1 aromatic heterocycles. The lowest BCUT2D eigenvalue weighted by Crippen LogP contribution is -2.53. The number of aromatic nitrogens is 2. The molecule has 0 radical (unpaired) electrons. The first-order chi connectivity index (χ1) is 10.4. The average molecular weight is 306 g/mol. The standard InChI is InChI=1S/C15H22N4OS/c1-2-11-12(8-13(11)20-5-1)18-14-9-15(17-10-16-14)19-3-6-21-7-4-19/h9-13H,1-8H2,(H,16,17,18)/t11-,12-,13-/m1/s1. The minimum Gasteiger partial charge on any atom is -0.378 e. The highest BCUT2D eigenvalue weighted by atomic mass is 32.2. The Bertz CT molecular complexity index is 494. The Morgan fingerprint density at radius 1 is 1.29 bits per heavy atom. The van der Waals surface area contributed by atoms with Gasteiger partial charge in [0.15, 0.2) is 0 Å². The number of ether oxygens (including phenoxy) is 1. The topological polar surface area (TPSA) is 50.3 Å². The summed E-state index contributed by atoms with van der Waals surface area (Å²) in [5.41, 5.74) is 0. The molecule has 6 heteroatoms. The van der Waals surface area contributed by atoms with Gasteiger partial charge in [-0.25, -0.2) is 9.97 Å². The van der Waals surface area contributed by atoms with Crippen LogP contribution in [-0.4, -0.2) is 53.3 Å². The van der Waals surface area contributed by atoms with Gasteiger partial charge >= 0.3 is 0 Å². The summed E-state index contributed by atoms with van der Waals surface area (Å²) in [4.78, 5) is 11.2. The lowest BCUT2D eigenvalue weighted by molar-refractivity contribution is -0.0898. The van der Waals surface area contributed by atoms with E-state index < -0.39 is 0 Å². The minimum absolute atomic E-state index is 0.483. The molecule has 0 aromatic carbocycles. The highest BCUT2D eigenvalue weighted by molar-refractivity contribution is 7.99. The van der Waals surface area contributed by atoms with Gasteiger partial charge in [-0.05, 0) is 19.3 Å². The number of thioether (sulfide) groups is 1. The predicted molar refractivity (Wildman–Crippen MR) is 86.1 cm³/mol. The van der Waals surface area contributed by atoms with E-state index in [1.165, 1.54) is 24.3 Å². The Morgan fingerprint density at radius 2 is 2.19 bits per heavy atom. The SMILES string of the molecule is c1nc(N[C@@H]2C[C@H]3OCCC[C@H]23)cc(N2CCSCC2)n1. The highest BCUT2D eigenvalue weighted by Gasteiger charge is 2.43. The van der Waals surface area contributed by atoms with E-state index in [1.54, 1.807) is 6.33 Å². The third-order valence-electron chi connectivity index (χ3n) is 4.82. The van der Waals surface area contributed by atoms with Crippen LogP contribution in [0.3, 0.4) is 0 Å². The molecular formula is C15H22N4OS. The van der Waals surface area contributed by atoms with Crippen molar-refractivity contribution in [2.75, 3.05) is 41.4 Å². The van der Waals surface area contributed by atoms with Crippen LogP contribution in [0.2, 0.25) is 0 Å². The van der Waals surface area contributed by atoms with Crippen LogP contribution in [0.25, 0.3) is 0 Å². The predicted octanol–water partition coefficient (Wildman–Crippen LogP) is 2.01. The van der Waals surface area contributed by atoms with E-state index in [2.05, 4.69) is 26.3 Å². The van der Waals surface area contributed by atoms with Gasteiger partial charge in [-0.1, -0.05) is 0 Å². The van der Waals surface area contributed by atoms with E-state index in [4.69, 9.17) is 4.74 Å². The number of hydrogen-bond acceptors (Lipinski definition) is 6. The Hall–Kier alpha value is -1.01. The molecule has 114 valence electrons. The summed E-state index contributed by atoms with van der Waals surface area (Å²) in [7, 11) is 0. The number of rotatable bonds is 3. The monoisotopic (exact) mass is 306 g/mol. The lowest BCUT2D eigenvalue weighted by Gasteiger charge is -2.47. The Kier molecular flexibility index (Phi) is 3.90. The summed E-state index contributed by atoms with van der Waals surface area (Å²) >= 11 is 2.02. The second kappa shape index (κ2) is 6.01. The van der Waals surface area contributed by atoms with Crippen LogP contribution in [0.4, 0.5) is 11.6 Å². The van der Waals surface area contributed by atoms with Gasteiger partial charge in [0.25, 0.3) is 0 Å². The van der Waals surface area contributed by atoms with Crippen molar-refractivity contribution >= 4 is 23.4 Å². The van der Waals surface area contributed by atoms with Crippen molar-refractivity contribution in [2.24, 2.45) is 5.92 Å². The van der Waals surface area contributed by atoms with E-state index in [0.29, 0.717) is 18.1 Å². The molecule has 2 aliphatic heterocycles. The molecule has 0 bridgehead atoms. The Morgan fingerprint density at radius 3 is 3.05 bits per heavy atom. The molecule has 3 atom stereocenters. The maximum absolute atomic E-state index is 5.78. The minimum atomic E-state index is 0.483. The zero-order valence-corrected chi connectivity index (χ0v) is 13.0. The zero-order chi connectivity index (χ0) is 14.1. The largest absolute Gasteiger partial charge is 0.378 e. The van der Waals surface area contributed by atoms with E-state index in [9.17, 15) is 0 Å². The van der Waals surface area contributed by atoms with Gasteiger partial charge in [-0.3, -0.25) is 0 Å². The van der Waals surface area contributed by atoms with Gasteiger partial charge in [0, 0.05) is 49.2 Å². The average Bonchev–Trinajstić information content (AvgIpc) is 2.54. The summed E-state index contributed by atoms with van der Waals surface area (Å²) < 4.78 is 5.78. The first-order valence-electron chi connectivity index (χ1n) is 7.93. The van der Waals surface area contributed by atoms with Crippen molar-refractivity contribution in [1.82, 2.24) is 9.97 Å². The quantitative estimate of drug-likeness (QED) is 0.922. The molecule has 3 fully saturated rings. The molecule has 1 N–H and O–H groups in total. The van der Waals surface area contributed by atoms with E-state index in [1.807, 2.05) is 11.8 Å². The van der Waals surface area contributed by atoms with Crippen molar-refractivity contribution in [2.45, 2.75) is 31.4 Å². The van der Waals surface area contributed by atoms with Crippen LogP contribution in [0.15, 0.2) is 12.4 Å². The molecule has 4 rings (SSSR count). The molecule has 3 aliphatic rings. The molecule has 1 aliphatic carbocycles. The molecule has 3 heterocycles. The summed E-state index contributed by atoms with van der Waals surface area (Å²) in [6.07, 6.45) is 5.76. The third kappa shape index (κ3) is 2.83. The molecule has 1 aromatic rings. The molecule has 2 saturated heterocycles. The van der Waals surface area contributed by atoms with Gasteiger partial charge in [0.2, 0.25) is 0 Å². The van der Waals surface area contributed by atoms with Crippen LogP contribution in [0, 0.1) is 5.92 Å². The van der Waals surface area contributed by atoms with E-state index >= 15 is 0 Å². The molecule has 21 heavy (non-hydrogen) atoms. The van der Waals surface area contributed by atoms with Crippen molar-refractivity contribution in [3.8, 4) is 0 Å². The summed E-state index contributed by atoms with van der Waals surface area (Å²) in [6.45, 7) is 3.12. The number of nitrogens with one attached hydrogen (secondary N) is 1. The molecule has 0 unspecified atom stereocenters. The summed E-state index contributed by atoms with van der Waals surface area (Å²) in [6, 6.07) is 2.63. The fourth-order valence-corrected chi connectivity index (χ4v) is 4.45. The normalized spacial score (nSPS) is 32.2. The van der Waals surface area contributed by atoms with Crippen molar-refractivity contribution in [3.05, 3.63) is 12.4 Å². The molecule has 0 amide bonds. The van der Waals surface area contributed by atoms with Gasteiger partial charge < -0.3 is 15.0 Å². The van der Waals surface area contributed by atoms with Crippen molar-refractivity contribution < 1.29 is 4.74 Å². The van der Waals surface area contributed by atoms with E-state index in [0.717, 1.165) is 37.8 Å². The van der Waals surface area contributed by atoms with Crippen molar-refractivity contribution in [3.63, 3.8) is 0 Å². The van der Waals surface area contributed by atoms with Gasteiger partial charge in [0.1, 0.15) is 18.0 Å². The van der Waals surface area contributed by atoms with Crippen LogP contribution in [0.5, 0.6) is 0 Å². The fraction of sp³-hybridized carbons (Fsp3) is 0.733. The zero-order valence-electron chi connectivity index (χ0n) is 12.2. The van der Waals surface area contributed by atoms with Crippen LogP contribution < -0.4 is 10.2 Å². The van der Waals surface area contributed by atoms with Crippen LogP contribution >= 0.6 is 11.8 Å². The lowest BCUT2D eigenvalue weighted by atomic mass is 9.72. The smallest absolute Gasteiger partial charge is 0.134 e. The second-order valence-corrected chi connectivity index (χ2v) is 7.29. The number of hydrogen-bond donors (Lipinski definition) is 1. The van der Waals surface area contributed by atoms with E-state index in [-0.39, 0.29) is 0 Å². The van der Waals surface area contributed by atoms with Crippen LogP contribution in [0.1, 0.15) is 19.3 Å².